The molecule has 1 aliphatic carbocycles. The summed E-state index contributed by atoms with van der Waals surface area (Å²) < 4.78 is 32.6. The van der Waals surface area contributed by atoms with Gasteiger partial charge >= 0.3 is 19.8 Å². The van der Waals surface area contributed by atoms with Gasteiger partial charge in [-0.2, -0.15) is 0 Å². The van der Waals surface area contributed by atoms with Crippen LogP contribution in [-0.2, 0) is 37.5 Å². The van der Waals surface area contributed by atoms with Crippen molar-refractivity contribution in [2.24, 2.45) is 17.8 Å². The summed E-state index contributed by atoms with van der Waals surface area (Å²) in [6, 6.07) is 0. The van der Waals surface area contributed by atoms with Gasteiger partial charge in [-0.1, -0.05) is 129 Å². The maximum atomic E-state index is 12.7. The van der Waals surface area contributed by atoms with Crippen LogP contribution in [0.5, 0.6) is 0 Å². The molecule has 0 heterocycles. The molecule has 326 valence electrons. The largest absolute Gasteiger partial charge is 0.472 e. The van der Waals surface area contributed by atoms with Gasteiger partial charge < -0.3 is 34.8 Å². The van der Waals surface area contributed by atoms with E-state index in [1.807, 2.05) is 12.2 Å². The van der Waals surface area contributed by atoms with E-state index >= 15 is 0 Å². The number of hydrogen-bond acceptors (Lipinski definition) is 12. The molecule has 5 N–H and O–H groups in total. The minimum absolute atomic E-state index is 0.00524. The standard InChI is InChI=1S/C42H75O13P/c1-4-5-16-22-34(44)26-27-38-37(39(46)28-40(38)47)23-18-14-15-20-25-42(49)55-36(32-54-56(50,51)53-30-35(45)29-43)31-52-41(48)24-19-13-11-9-7-6-8-10-12-17-21-33(2)3/h14,18,26-27,33-39,43-46H,4-13,15-17,19-25,28-32H2,1-3H3,(H,50,51)/b18-14-,27-26+/t34-,35-,36+,37+,38+,39-/m0/s1. The number of hydrogen-bond donors (Lipinski definition) is 5. The maximum absolute atomic E-state index is 12.7. The third-order valence-corrected chi connectivity index (χ3v) is 10.9. The van der Waals surface area contributed by atoms with Crippen LogP contribution in [0.2, 0.25) is 0 Å². The van der Waals surface area contributed by atoms with E-state index in [2.05, 4.69) is 25.3 Å². The Morgan fingerprint density at radius 1 is 0.821 bits per heavy atom. The number of Topliss-reactive ketones (excluding diaryl/α,β-unsaturated/α-hetero) is 1. The Balaban J connectivity index is 2.51. The van der Waals surface area contributed by atoms with E-state index < -0.39 is 76.5 Å². The molecule has 0 aliphatic heterocycles. The molecular weight excluding hydrogens is 743 g/mol. The summed E-state index contributed by atoms with van der Waals surface area (Å²) in [5.74, 6) is -1.16. The smallest absolute Gasteiger partial charge is 0.462 e. The quantitative estimate of drug-likeness (QED) is 0.0183. The summed E-state index contributed by atoms with van der Waals surface area (Å²) in [5, 5.41) is 39.0. The van der Waals surface area contributed by atoms with Gasteiger partial charge in [-0.25, -0.2) is 4.57 Å². The topological polar surface area (TPSA) is 206 Å². The predicted octanol–water partition coefficient (Wildman–Crippen LogP) is 7.45. The number of phosphoric ester groups is 1. The van der Waals surface area contributed by atoms with E-state index in [1.165, 1.54) is 44.9 Å². The third-order valence-electron chi connectivity index (χ3n) is 9.91. The van der Waals surface area contributed by atoms with Crippen molar-refractivity contribution < 1.29 is 62.8 Å². The highest BCUT2D eigenvalue weighted by Gasteiger charge is 2.39. The molecule has 0 aromatic heterocycles. The van der Waals surface area contributed by atoms with Crippen LogP contribution in [0.25, 0.3) is 0 Å². The van der Waals surface area contributed by atoms with Crippen LogP contribution in [0.1, 0.15) is 156 Å². The number of rotatable bonds is 35. The van der Waals surface area contributed by atoms with Crippen molar-refractivity contribution in [3.8, 4) is 0 Å². The molecule has 1 aliphatic rings. The highest BCUT2D eigenvalue weighted by atomic mass is 31.2. The van der Waals surface area contributed by atoms with Gasteiger partial charge in [-0.3, -0.25) is 23.4 Å². The normalized spacial score (nSPS) is 20.2. The molecule has 0 aromatic carbocycles. The van der Waals surface area contributed by atoms with E-state index in [0.717, 1.165) is 44.4 Å². The lowest BCUT2D eigenvalue weighted by molar-refractivity contribution is -0.161. The van der Waals surface area contributed by atoms with Crippen molar-refractivity contribution in [1.82, 2.24) is 0 Å². The number of carbonyl (C=O) groups is 3. The molecule has 1 unspecified atom stereocenters. The number of esters is 2. The van der Waals surface area contributed by atoms with E-state index in [0.29, 0.717) is 32.1 Å². The first-order valence-corrected chi connectivity index (χ1v) is 22.7. The fraction of sp³-hybridized carbons (Fsp3) is 0.833. The second-order valence-corrected chi connectivity index (χ2v) is 17.1. The fourth-order valence-corrected chi connectivity index (χ4v) is 7.30. The van der Waals surface area contributed by atoms with E-state index in [-0.39, 0.29) is 31.0 Å². The zero-order chi connectivity index (χ0) is 41.6. The minimum atomic E-state index is -4.69. The molecule has 7 atom stereocenters. The van der Waals surface area contributed by atoms with E-state index in [1.54, 1.807) is 12.2 Å². The predicted molar refractivity (Wildman–Crippen MR) is 215 cm³/mol. The third kappa shape index (κ3) is 26.9. The summed E-state index contributed by atoms with van der Waals surface area (Å²) in [6.45, 7) is 4.25. The van der Waals surface area contributed by atoms with Crippen molar-refractivity contribution in [1.29, 1.82) is 0 Å². The molecule has 1 fully saturated rings. The highest BCUT2D eigenvalue weighted by Crippen LogP contribution is 2.43. The monoisotopic (exact) mass is 818 g/mol. The molecular formula is C42H75O13P. The fourth-order valence-electron chi connectivity index (χ4n) is 6.51. The van der Waals surface area contributed by atoms with Crippen molar-refractivity contribution in [3.63, 3.8) is 0 Å². The molecule has 1 rings (SSSR count). The molecule has 0 saturated heterocycles. The summed E-state index contributed by atoms with van der Waals surface area (Å²) in [6.07, 6.45) is 21.0. The SMILES string of the molecule is CCCCC[C@H](O)/C=C/[C@H]1C(=O)C[C@H](O)[C@@H]1C/C=C\CCCC(=O)O[C@H](COC(=O)CCCCCCCCCCCCC(C)C)COP(=O)(O)OC[C@@H](O)CO. The lowest BCUT2D eigenvalue weighted by atomic mass is 9.90. The van der Waals surface area contributed by atoms with Gasteiger partial charge in [0.05, 0.1) is 32.0 Å². The molecule has 14 heteroatoms. The van der Waals surface area contributed by atoms with Crippen LogP contribution in [0.3, 0.4) is 0 Å². The Bertz CT molecular complexity index is 1160. The Morgan fingerprint density at radius 2 is 1.43 bits per heavy atom. The summed E-state index contributed by atoms with van der Waals surface area (Å²) >= 11 is 0. The number of unbranched alkanes of at least 4 members (excludes halogenated alkanes) is 12. The number of ketones is 1. The summed E-state index contributed by atoms with van der Waals surface area (Å²) in [4.78, 5) is 47.6. The van der Waals surface area contributed by atoms with Crippen LogP contribution in [0.15, 0.2) is 24.3 Å². The van der Waals surface area contributed by atoms with Crippen molar-refractivity contribution in [2.75, 3.05) is 26.4 Å². The lowest BCUT2D eigenvalue weighted by Gasteiger charge is -2.20. The average molecular weight is 819 g/mol. The molecule has 1 saturated carbocycles. The number of carbonyl (C=O) groups excluding carboxylic acids is 3. The number of allylic oxidation sites excluding steroid dienone is 3. The van der Waals surface area contributed by atoms with Gasteiger partial charge in [0.15, 0.2) is 6.10 Å². The highest BCUT2D eigenvalue weighted by molar-refractivity contribution is 7.47. The zero-order valence-corrected chi connectivity index (χ0v) is 35.4. The number of aliphatic hydroxyl groups is 4. The Morgan fingerprint density at radius 3 is 2.07 bits per heavy atom. The van der Waals surface area contributed by atoms with Gasteiger partial charge in [0.1, 0.15) is 18.5 Å². The van der Waals surface area contributed by atoms with Gasteiger partial charge in [0.2, 0.25) is 0 Å². The summed E-state index contributed by atoms with van der Waals surface area (Å²) in [7, 11) is -4.69. The van der Waals surface area contributed by atoms with Gasteiger partial charge in [0.25, 0.3) is 0 Å². The molecule has 56 heavy (non-hydrogen) atoms. The second kappa shape index (κ2) is 32.0. The Hall–Kier alpha value is -1.96. The first-order chi connectivity index (χ1) is 26.8. The zero-order valence-electron chi connectivity index (χ0n) is 34.5. The molecule has 0 aromatic rings. The Labute approximate surface area is 336 Å². The van der Waals surface area contributed by atoms with Crippen LogP contribution in [0, 0.1) is 17.8 Å². The number of aliphatic hydroxyl groups excluding tert-OH is 4. The minimum Gasteiger partial charge on any atom is -0.462 e. The van der Waals surface area contributed by atoms with Gasteiger partial charge in [0, 0.05) is 31.1 Å². The van der Waals surface area contributed by atoms with Crippen molar-refractivity contribution in [2.45, 2.75) is 180 Å². The molecule has 13 nitrogen and oxygen atoms in total. The number of ether oxygens (including phenoxy) is 2. The average Bonchev–Trinajstić information content (AvgIpc) is 3.43. The summed E-state index contributed by atoms with van der Waals surface area (Å²) in [5.41, 5.74) is 0. The maximum Gasteiger partial charge on any atom is 0.472 e. The van der Waals surface area contributed by atoms with Crippen LogP contribution in [-0.4, -0.2) is 93.9 Å². The van der Waals surface area contributed by atoms with Crippen molar-refractivity contribution in [3.05, 3.63) is 24.3 Å². The molecule has 0 amide bonds. The van der Waals surface area contributed by atoms with Crippen LogP contribution >= 0.6 is 7.82 Å². The first kappa shape index (κ1) is 52.1. The van der Waals surface area contributed by atoms with Crippen LogP contribution in [0.4, 0.5) is 0 Å². The second-order valence-electron chi connectivity index (χ2n) is 15.6. The van der Waals surface area contributed by atoms with E-state index in [4.69, 9.17) is 19.1 Å². The Kier molecular flexibility index (Phi) is 29.7. The van der Waals surface area contributed by atoms with Crippen molar-refractivity contribution >= 4 is 25.5 Å². The molecule has 0 spiro atoms. The molecule has 0 bridgehead atoms. The van der Waals surface area contributed by atoms with Crippen LogP contribution < -0.4 is 0 Å². The van der Waals surface area contributed by atoms with Gasteiger partial charge in [-0.15, -0.1) is 0 Å². The molecule has 0 radical (unpaired) electrons. The number of phosphoric acid groups is 1. The lowest BCUT2D eigenvalue weighted by Crippen LogP contribution is -2.29. The van der Waals surface area contributed by atoms with E-state index in [9.17, 15) is 39.2 Å². The first-order valence-electron chi connectivity index (χ1n) is 21.3. The van der Waals surface area contributed by atoms with Gasteiger partial charge in [-0.05, 0) is 38.0 Å².